The van der Waals surface area contributed by atoms with Crippen LogP contribution in [0.15, 0.2) is 25.7 Å². The van der Waals surface area contributed by atoms with Gasteiger partial charge in [0.15, 0.2) is 6.04 Å². The van der Waals surface area contributed by atoms with E-state index in [-0.39, 0.29) is 39.0 Å². The number of nitrogens with one attached hydrogen (secondary N) is 1. The van der Waals surface area contributed by atoms with Gasteiger partial charge in [-0.1, -0.05) is 11.8 Å². The topological polar surface area (TPSA) is 159 Å². The fourth-order valence-corrected chi connectivity index (χ4v) is 3.12. The van der Waals surface area contributed by atoms with Crippen LogP contribution in [0.4, 0.5) is 5.88 Å². The van der Waals surface area contributed by atoms with E-state index in [9.17, 15) is 15.3 Å². The molecule has 124 valence electrons. The van der Waals surface area contributed by atoms with Crippen LogP contribution in [0.1, 0.15) is 38.4 Å². The van der Waals surface area contributed by atoms with Crippen LogP contribution in [-0.2, 0) is 4.79 Å². The SMILES string of the molecule is CC(=O)Nc1on[n+](C(C)C)c1C1C(C#N)=C(N)SC(N)=C1C#N. The Kier molecular flexibility index (Phi) is 4.81. The number of nitriles is 2. The number of amides is 1. The highest BCUT2D eigenvalue weighted by Crippen LogP contribution is 2.43. The highest BCUT2D eigenvalue weighted by Gasteiger charge is 2.43. The summed E-state index contributed by atoms with van der Waals surface area (Å²) in [5.74, 6) is -1.19. The molecule has 0 atom stereocenters. The smallest absolute Gasteiger partial charge is 0.306 e. The summed E-state index contributed by atoms with van der Waals surface area (Å²) in [6.45, 7) is 5.01. The van der Waals surface area contributed by atoms with Crippen molar-refractivity contribution in [2.45, 2.75) is 32.7 Å². The summed E-state index contributed by atoms with van der Waals surface area (Å²) in [6, 6.07) is 3.89. The minimum absolute atomic E-state index is 0.0502. The van der Waals surface area contributed by atoms with E-state index in [4.69, 9.17) is 16.0 Å². The Hall–Kier alpha value is -2.98. The minimum atomic E-state index is -0.864. The molecule has 5 N–H and O–H groups in total. The molecule has 0 unspecified atom stereocenters. The second kappa shape index (κ2) is 6.64. The summed E-state index contributed by atoms with van der Waals surface area (Å²) in [4.78, 5) is 11.4. The van der Waals surface area contributed by atoms with E-state index in [1.165, 1.54) is 11.6 Å². The van der Waals surface area contributed by atoms with Crippen LogP contribution in [0.25, 0.3) is 0 Å². The first-order valence-corrected chi connectivity index (χ1v) is 7.79. The fourth-order valence-electron chi connectivity index (χ4n) is 2.33. The van der Waals surface area contributed by atoms with E-state index < -0.39 is 5.92 Å². The predicted molar refractivity (Wildman–Crippen MR) is 85.4 cm³/mol. The Balaban J connectivity index is 2.77. The molecule has 24 heavy (non-hydrogen) atoms. The van der Waals surface area contributed by atoms with Gasteiger partial charge in [-0.3, -0.25) is 14.6 Å². The van der Waals surface area contributed by atoms with Crippen molar-refractivity contribution in [2.75, 3.05) is 5.32 Å². The maximum Gasteiger partial charge on any atom is 0.306 e. The zero-order valence-corrected chi connectivity index (χ0v) is 14.1. The van der Waals surface area contributed by atoms with E-state index in [0.29, 0.717) is 5.69 Å². The monoisotopic (exact) mass is 346 g/mol. The van der Waals surface area contributed by atoms with Gasteiger partial charge in [-0.05, 0) is 4.68 Å². The normalized spacial score (nSPS) is 15.4. The number of nitrogens with two attached hydrogens (primary N) is 2. The van der Waals surface area contributed by atoms with Gasteiger partial charge < -0.3 is 11.5 Å². The van der Waals surface area contributed by atoms with Crippen LogP contribution < -0.4 is 21.5 Å². The van der Waals surface area contributed by atoms with Crippen LogP contribution in [0.3, 0.4) is 0 Å². The number of aromatic nitrogens is 2. The Morgan fingerprint density at radius 2 is 1.88 bits per heavy atom. The lowest BCUT2D eigenvalue weighted by molar-refractivity contribution is -0.785. The second-order valence-corrected chi connectivity index (χ2v) is 6.41. The fraction of sp³-hybridized carbons (Fsp3) is 0.357. The molecule has 1 aromatic heterocycles. The Morgan fingerprint density at radius 1 is 1.33 bits per heavy atom. The Labute approximate surface area is 142 Å². The molecule has 1 aromatic rings. The summed E-state index contributed by atoms with van der Waals surface area (Å²) in [7, 11) is 0. The molecule has 0 saturated heterocycles. The third kappa shape index (κ3) is 2.92. The maximum atomic E-state index is 11.4. The van der Waals surface area contributed by atoms with Crippen molar-refractivity contribution in [3.8, 4) is 12.1 Å². The third-order valence-electron chi connectivity index (χ3n) is 3.32. The molecule has 0 spiro atoms. The van der Waals surface area contributed by atoms with Crippen molar-refractivity contribution in [1.82, 2.24) is 5.27 Å². The summed E-state index contributed by atoms with van der Waals surface area (Å²) in [6.07, 6.45) is 0. The van der Waals surface area contributed by atoms with Gasteiger partial charge in [-0.25, -0.2) is 0 Å². The summed E-state index contributed by atoms with van der Waals surface area (Å²) in [5, 5.41) is 25.8. The second-order valence-electron chi connectivity index (χ2n) is 5.32. The molecule has 0 saturated carbocycles. The quantitative estimate of drug-likeness (QED) is 0.675. The van der Waals surface area contributed by atoms with Crippen LogP contribution in [0.2, 0.25) is 0 Å². The number of hydrogen-bond donors (Lipinski definition) is 3. The van der Waals surface area contributed by atoms with Gasteiger partial charge in [0.2, 0.25) is 11.2 Å². The van der Waals surface area contributed by atoms with Crippen LogP contribution in [0.5, 0.6) is 0 Å². The third-order valence-corrected chi connectivity index (χ3v) is 4.20. The van der Waals surface area contributed by atoms with Crippen molar-refractivity contribution < 1.29 is 14.0 Å². The van der Waals surface area contributed by atoms with Gasteiger partial charge in [-0.2, -0.15) is 10.5 Å². The van der Waals surface area contributed by atoms with Gasteiger partial charge in [-0.15, -0.1) is 0 Å². The number of anilines is 1. The van der Waals surface area contributed by atoms with E-state index in [1.807, 2.05) is 26.0 Å². The average Bonchev–Trinajstić information content (AvgIpc) is 2.89. The van der Waals surface area contributed by atoms with Crippen molar-refractivity contribution in [2.24, 2.45) is 11.5 Å². The first-order chi connectivity index (χ1) is 11.3. The summed E-state index contributed by atoms with van der Waals surface area (Å²) < 4.78 is 6.69. The lowest BCUT2D eigenvalue weighted by Gasteiger charge is -2.20. The molecule has 0 radical (unpaired) electrons. The molecule has 2 rings (SSSR count). The predicted octanol–water partition coefficient (Wildman–Crippen LogP) is 0.720. The zero-order chi connectivity index (χ0) is 18.0. The van der Waals surface area contributed by atoms with Crippen LogP contribution in [-0.4, -0.2) is 11.2 Å². The molecule has 0 fully saturated rings. The van der Waals surface area contributed by atoms with Crippen molar-refractivity contribution in [1.29, 1.82) is 10.5 Å². The number of rotatable bonds is 3. The lowest BCUT2D eigenvalue weighted by Crippen LogP contribution is -2.44. The lowest BCUT2D eigenvalue weighted by atomic mass is 9.89. The van der Waals surface area contributed by atoms with E-state index >= 15 is 0 Å². The number of allylic oxidation sites excluding steroid dienone is 2. The van der Waals surface area contributed by atoms with Gasteiger partial charge in [0.25, 0.3) is 5.69 Å². The largest absolute Gasteiger partial charge is 0.392 e. The Bertz CT molecular complexity index is 802. The number of carbonyl (C=O) groups is 1. The number of nitrogens with zero attached hydrogens (tertiary/aromatic N) is 4. The van der Waals surface area contributed by atoms with Gasteiger partial charge in [0.05, 0.1) is 33.3 Å². The summed E-state index contributed by atoms with van der Waals surface area (Å²) in [5.41, 5.74) is 12.5. The molecule has 9 nitrogen and oxygen atoms in total. The maximum absolute atomic E-state index is 11.4. The number of hydrogen-bond acceptors (Lipinski definition) is 8. The van der Waals surface area contributed by atoms with E-state index in [2.05, 4.69) is 10.6 Å². The zero-order valence-electron chi connectivity index (χ0n) is 13.3. The molecule has 0 aliphatic carbocycles. The van der Waals surface area contributed by atoms with Gasteiger partial charge in [0.1, 0.15) is 5.92 Å². The molecule has 10 heteroatoms. The van der Waals surface area contributed by atoms with Crippen molar-refractivity contribution >= 4 is 23.6 Å². The molecule has 2 heterocycles. The van der Waals surface area contributed by atoms with E-state index in [1.54, 1.807) is 0 Å². The standard InChI is InChI=1S/C14H15N7O2S/c1-6(2)21-11(14(23-20-21)19-7(3)22)10-8(4-15)12(17)24-13(18)9(10)5-16/h6,10H,17-18H2,1-3H3/p+1. The van der Waals surface area contributed by atoms with Gasteiger partial charge >= 0.3 is 5.88 Å². The van der Waals surface area contributed by atoms with Crippen molar-refractivity contribution in [3.63, 3.8) is 0 Å². The Morgan fingerprint density at radius 3 is 2.29 bits per heavy atom. The molecule has 1 aliphatic heterocycles. The molecule has 1 aliphatic rings. The highest BCUT2D eigenvalue weighted by atomic mass is 32.2. The number of thioether (sulfide) groups is 1. The molecular formula is C14H16N7O2S+. The molecular weight excluding hydrogens is 330 g/mol. The van der Waals surface area contributed by atoms with Crippen LogP contribution >= 0.6 is 11.8 Å². The molecule has 0 aromatic carbocycles. The van der Waals surface area contributed by atoms with Gasteiger partial charge in [0, 0.05) is 20.8 Å². The van der Waals surface area contributed by atoms with E-state index in [0.717, 1.165) is 11.8 Å². The van der Waals surface area contributed by atoms with Crippen LogP contribution in [0, 0.1) is 22.7 Å². The van der Waals surface area contributed by atoms with Crippen molar-refractivity contribution in [3.05, 3.63) is 26.9 Å². The highest BCUT2D eigenvalue weighted by molar-refractivity contribution is 8.06. The first-order valence-electron chi connectivity index (χ1n) is 6.98. The first kappa shape index (κ1) is 17.4. The molecule has 1 amide bonds. The summed E-state index contributed by atoms with van der Waals surface area (Å²) >= 11 is 0.964. The average molecular weight is 346 g/mol. The number of carbonyl (C=O) groups excluding carboxylic acids is 1. The molecule has 0 bridgehead atoms. The minimum Gasteiger partial charge on any atom is -0.392 e.